The highest BCUT2D eigenvalue weighted by Gasteiger charge is 2.20. The molecule has 5 nitrogen and oxygen atoms in total. The van der Waals surface area contributed by atoms with Gasteiger partial charge < -0.3 is 5.73 Å². The molecule has 0 aliphatic rings. The van der Waals surface area contributed by atoms with Crippen LogP contribution in [0.2, 0.25) is 0 Å². The first-order chi connectivity index (χ1) is 9.33. The quantitative estimate of drug-likeness (QED) is 0.190. The molecule has 0 saturated heterocycles. The number of nitrogens with two attached hydrogens (primary N) is 1. The molecule has 0 amide bonds. The number of nitrogens with one attached hydrogen (secondary N) is 1. The minimum atomic E-state index is -0.391. The molecule has 1 aromatic rings. The molecule has 0 heterocycles. The highest BCUT2D eigenvalue weighted by molar-refractivity contribution is 7.99. The Morgan fingerprint density at radius 2 is 1.95 bits per heavy atom. The van der Waals surface area contributed by atoms with E-state index in [2.05, 4.69) is 0 Å². The largest absolute Gasteiger partial charge is 0.387 e. The van der Waals surface area contributed by atoms with Crippen LogP contribution in [0.4, 0.5) is 5.69 Å². The number of amidine groups is 1. The second kappa shape index (κ2) is 7.28. The number of non-ortho nitro benzene ring substituents is 1. The summed E-state index contributed by atoms with van der Waals surface area (Å²) >= 11 is 1.69. The molecule has 0 fully saturated rings. The van der Waals surface area contributed by atoms with Crippen molar-refractivity contribution >= 4 is 23.3 Å². The Bertz CT molecular complexity index is 472. The SMILES string of the molecule is CC(C)(CCCCSc1ccc([N+](=O)[O-])cc1)C(=N)N. The zero-order valence-electron chi connectivity index (χ0n) is 11.9. The van der Waals surface area contributed by atoms with Crippen LogP contribution in [0.1, 0.15) is 33.1 Å². The summed E-state index contributed by atoms with van der Waals surface area (Å²) in [5.41, 5.74) is 5.44. The van der Waals surface area contributed by atoms with Gasteiger partial charge in [-0.1, -0.05) is 20.3 Å². The van der Waals surface area contributed by atoms with Gasteiger partial charge >= 0.3 is 0 Å². The van der Waals surface area contributed by atoms with Gasteiger partial charge in [-0.25, -0.2) is 0 Å². The molecule has 0 aliphatic heterocycles. The standard InChI is InChI=1S/C14H21N3O2S/c1-14(2,13(15)16)9-3-4-10-20-12-7-5-11(6-8-12)17(18)19/h5-8H,3-4,9-10H2,1-2H3,(H3,15,16). The van der Waals surface area contributed by atoms with E-state index in [1.165, 1.54) is 12.1 Å². The second-order valence-electron chi connectivity index (χ2n) is 5.35. The number of benzene rings is 1. The minimum absolute atomic E-state index is 0.123. The molecule has 6 heteroatoms. The molecule has 20 heavy (non-hydrogen) atoms. The van der Waals surface area contributed by atoms with Crippen LogP contribution in [0.5, 0.6) is 0 Å². The lowest BCUT2D eigenvalue weighted by Crippen LogP contribution is -2.30. The zero-order valence-corrected chi connectivity index (χ0v) is 12.7. The van der Waals surface area contributed by atoms with Crippen LogP contribution in [0.25, 0.3) is 0 Å². The molecule has 0 atom stereocenters. The van der Waals surface area contributed by atoms with E-state index < -0.39 is 4.92 Å². The van der Waals surface area contributed by atoms with Gasteiger partial charge in [-0.05, 0) is 30.7 Å². The van der Waals surface area contributed by atoms with Crippen molar-refractivity contribution in [2.45, 2.75) is 38.0 Å². The maximum Gasteiger partial charge on any atom is 0.269 e. The number of rotatable bonds is 8. The summed E-state index contributed by atoms with van der Waals surface area (Å²) in [4.78, 5) is 11.2. The maximum absolute atomic E-state index is 10.5. The molecule has 0 aliphatic carbocycles. The maximum atomic E-state index is 10.5. The molecule has 0 aromatic heterocycles. The monoisotopic (exact) mass is 295 g/mol. The van der Waals surface area contributed by atoms with Gasteiger partial charge in [-0.15, -0.1) is 11.8 Å². The van der Waals surface area contributed by atoms with Gasteiger partial charge in [0, 0.05) is 22.4 Å². The van der Waals surface area contributed by atoms with Gasteiger partial charge in [0.05, 0.1) is 10.8 Å². The van der Waals surface area contributed by atoms with Crippen molar-refractivity contribution in [2.75, 3.05) is 5.75 Å². The molecule has 110 valence electrons. The van der Waals surface area contributed by atoms with Crippen LogP contribution in [0.3, 0.4) is 0 Å². The van der Waals surface area contributed by atoms with Crippen molar-refractivity contribution in [2.24, 2.45) is 11.1 Å². The molecular formula is C14H21N3O2S. The van der Waals surface area contributed by atoms with Crippen molar-refractivity contribution in [1.29, 1.82) is 5.41 Å². The third kappa shape index (κ3) is 5.21. The van der Waals surface area contributed by atoms with E-state index in [0.29, 0.717) is 0 Å². The van der Waals surface area contributed by atoms with Crippen molar-refractivity contribution in [3.8, 4) is 0 Å². The van der Waals surface area contributed by atoms with Gasteiger partial charge in [-0.2, -0.15) is 0 Å². The van der Waals surface area contributed by atoms with Crippen LogP contribution in [0.15, 0.2) is 29.2 Å². The molecular weight excluding hydrogens is 274 g/mol. The first-order valence-electron chi connectivity index (χ1n) is 6.55. The summed E-state index contributed by atoms with van der Waals surface area (Å²) in [6, 6.07) is 6.62. The van der Waals surface area contributed by atoms with Crippen molar-refractivity contribution < 1.29 is 4.92 Å². The van der Waals surface area contributed by atoms with Gasteiger partial charge in [0.25, 0.3) is 5.69 Å². The van der Waals surface area contributed by atoms with Gasteiger partial charge in [0.15, 0.2) is 0 Å². The Hall–Kier alpha value is -1.56. The molecule has 0 bridgehead atoms. The van der Waals surface area contributed by atoms with Crippen molar-refractivity contribution in [3.63, 3.8) is 0 Å². The van der Waals surface area contributed by atoms with E-state index in [-0.39, 0.29) is 16.9 Å². The molecule has 0 spiro atoms. The van der Waals surface area contributed by atoms with Crippen LogP contribution in [-0.2, 0) is 0 Å². The van der Waals surface area contributed by atoms with Gasteiger partial charge in [-0.3, -0.25) is 15.5 Å². The Labute approximate surface area is 123 Å². The second-order valence-corrected chi connectivity index (χ2v) is 6.52. The fraction of sp³-hybridized carbons (Fsp3) is 0.500. The van der Waals surface area contributed by atoms with Crippen LogP contribution in [-0.4, -0.2) is 16.5 Å². The number of nitro groups is 1. The van der Waals surface area contributed by atoms with Gasteiger partial charge in [0.1, 0.15) is 0 Å². The highest BCUT2D eigenvalue weighted by atomic mass is 32.2. The fourth-order valence-corrected chi connectivity index (χ4v) is 2.57. The molecule has 1 aromatic carbocycles. The summed E-state index contributed by atoms with van der Waals surface area (Å²) < 4.78 is 0. The van der Waals surface area contributed by atoms with Crippen LogP contribution in [0, 0.1) is 20.9 Å². The Morgan fingerprint density at radius 1 is 1.35 bits per heavy atom. The highest BCUT2D eigenvalue weighted by Crippen LogP contribution is 2.26. The molecule has 0 saturated carbocycles. The number of hydrogen-bond donors (Lipinski definition) is 2. The minimum Gasteiger partial charge on any atom is -0.387 e. The molecule has 0 radical (unpaired) electrons. The van der Waals surface area contributed by atoms with Crippen LogP contribution >= 0.6 is 11.8 Å². The van der Waals surface area contributed by atoms with Crippen molar-refractivity contribution in [3.05, 3.63) is 34.4 Å². The number of nitro benzene ring substituents is 1. The summed E-state index contributed by atoms with van der Waals surface area (Å²) in [6.45, 7) is 3.97. The first-order valence-corrected chi connectivity index (χ1v) is 7.53. The van der Waals surface area contributed by atoms with E-state index in [4.69, 9.17) is 11.1 Å². The molecule has 0 unspecified atom stereocenters. The molecule has 3 N–H and O–H groups in total. The number of hydrogen-bond acceptors (Lipinski definition) is 4. The lowest BCUT2D eigenvalue weighted by molar-refractivity contribution is -0.384. The molecule has 1 rings (SSSR count). The Balaban J connectivity index is 2.28. The van der Waals surface area contributed by atoms with E-state index in [1.54, 1.807) is 23.9 Å². The Morgan fingerprint density at radius 3 is 2.45 bits per heavy atom. The summed E-state index contributed by atoms with van der Waals surface area (Å²) in [6.07, 6.45) is 2.97. The van der Waals surface area contributed by atoms with E-state index >= 15 is 0 Å². The zero-order chi connectivity index (χ0) is 15.2. The fourth-order valence-electron chi connectivity index (χ4n) is 1.66. The lowest BCUT2D eigenvalue weighted by atomic mass is 9.86. The predicted octanol–water partition coefficient (Wildman–Crippen LogP) is 3.82. The Kier molecular flexibility index (Phi) is 6.01. The predicted molar refractivity (Wildman–Crippen MR) is 83.4 cm³/mol. The average molecular weight is 295 g/mol. The normalized spacial score (nSPS) is 11.3. The first kappa shape index (κ1) is 16.5. The topological polar surface area (TPSA) is 93.0 Å². The third-order valence-corrected chi connectivity index (χ3v) is 4.34. The number of nitrogens with zero attached hydrogens (tertiary/aromatic N) is 1. The van der Waals surface area contributed by atoms with Crippen molar-refractivity contribution in [1.82, 2.24) is 0 Å². The van der Waals surface area contributed by atoms with E-state index in [0.717, 1.165) is 29.9 Å². The summed E-state index contributed by atoms with van der Waals surface area (Å²) in [5.74, 6) is 1.20. The van der Waals surface area contributed by atoms with Crippen LogP contribution < -0.4 is 5.73 Å². The summed E-state index contributed by atoms with van der Waals surface area (Å²) in [5, 5.41) is 18.0. The van der Waals surface area contributed by atoms with E-state index in [9.17, 15) is 10.1 Å². The summed E-state index contributed by atoms with van der Waals surface area (Å²) in [7, 11) is 0. The lowest BCUT2D eigenvalue weighted by Gasteiger charge is -2.22. The third-order valence-electron chi connectivity index (χ3n) is 3.24. The van der Waals surface area contributed by atoms with Gasteiger partial charge in [0.2, 0.25) is 0 Å². The number of unbranched alkanes of at least 4 members (excludes halogenated alkanes) is 1. The average Bonchev–Trinajstić information content (AvgIpc) is 2.38. The number of thioether (sulfide) groups is 1. The smallest absolute Gasteiger partial charge is 0.269 e. The van der Waals surface area contributed by atoms with E-state index in [1.807, 2.05) is 13.8 Å².